The van der Waals surface area contributed by atoms with Crippen molar-refractivity contribution in [1.82, 2.24) is 9.88 Å². The van der Waals surface area contributed by atoms with E-state index in [0.717, 1.165) is 29.4 Å². The van der Waals surface area contributed by atoms with Crippen LogP contribution in [0.4, 0.5) is 36.6 Å². The lowest BCUT2D eigenvalue weighted by molar-refractivity contribution is -0.138. The number of nitrogens with zero attached hydrogens (tertiary/aromatic N) is 3. The second kappa shape index (κ2) is 9.59. The van der Waals surface area contributed by atoms with E-state index >= 15 is 0 Å². The van der Waals surface area contributed by atoms with E-state index in [2.05, 4.69) is 11.6 Å². The molecule has 0 unspecified atom stereocenters. The number of aromatic nitrogens is 1. The highest BCUT2D eigenvalue weighted by molar-refractivity contribution is 7.90. The number of carbonyl (C=O) groups is 1. The lowest BCUT2D eigenvalue weighted by atomic mass is 10.1. The number of anilines is 1. The maximum atomic E-state index is 14.3. The van der Waals surface area contributed by atoms with Crippen molar-refractivity contribution in [2.45, 2.75) is 17.2 Å². The number of sulfone groups is 1. The number of pyridine rings is 1. The van der Waals surface area contributed by atoms with Crippen molar-refractivity contribution < 1.29 is 48.7 Å². The average Bonchev–Trinajstić information content (AvgIpc) is 2.77. The van der Waals surface area contributed by atoms with E-state index in [-0.39, 0.29) is 36.9 Å². The maximum absolute atomic E-state index is 14.3. The third kappa shape index (κ3) is 6.06. The van der Waals surface area contributed by atoms with Gasteiger partial charge in [0.25, 0.3) is 5.91 Å². The molecule has 0 saturated carbocycles. The summed E-state index contributed by atoms with van der Waals surface area (Å²) in [7, 11) is -3.84. The van der Waals surface area contributed by atoms with Gasteiger partial charge in [0, 0.05) is 38.6 Å². The van der Waals surface area contributed by atoms with Crippen molar-refractivity contribution in [3.8, 4) is 5.75 Å². The number of ether oxygens (including phenoxy) is 1. The summed E-state index contributed by atoms with van der Waals surface area (Å²) in [6, 6.07) is 3.05. The molecule has 2 aromatic rings. The van der Waals surface area contributed by atoms with Gasteiger partial charge in [-0.15, -0.1) is 0 Å². The van der Waals surface area contributed by atoms with Crippen LogP contribution in [0.3, 0.4) is 0 Å². The molecule has 15 heteroatoms. The van der Waals surface area contributed by atoms with Crippen molar-refractivity contribution >= 4 is 21.6 Å². The van der Waals surface area contributed by atoms with Gasteiger partial charge in [-0.05, 0) is 24.3 Å². The highest BCUT2D eigenvalue weighted by Crippen LogP contribution is 2.33. The number of amides is 1. The number of hydrogen-bond donors (Lipinski definition) is 0. The van der Waals surface area contributed by atoms with Crippen molar-refractivity contribution in [2.75, 3.05) is 37.3 Å². The third-order valence-corrected chi connectivity index (χ3v) is 6.28. The summed E-state index contributed by atoms with van der Waals surface area (Å²) in [6.45, 7) is 2.38. The Balaban J connectivity index is 1.83. The summed E-state index contributed by atoms with van der Waals surface area (Å²) in [5, 5.41) is 0. The molecule has 0 bridgehead atoms. The molecular weight excluding hydrogens is 523 g/mol. The normalized spacial score (nSPS) is 15.1. The number of alkyl halides is 6. The van der Waals surface area contributed by atoms with E-state index in [1.807, 2.05) is 0 Å². The van der Waals surface area contributed by atoms with Crippen molar-refractivity contribution in [3.05, 3.63) is 59.7 Å². The van der Waals surface area contributed by atoms with Crippen LogP contribution in [0.25, 0.3) is 0 Å². The topological polar surface area (TPSA) is 79.8 Å². The van der Waals surface area contributed by atoms with Crippen LogP contribution >= 0.6 is 0 Å². The molecule has 36 heavy (non-hydrogen) atoms. The summed E-state index contributed by atoms with van der Waals surface area (Å²) in [4.78, 5) is 18.7. The zero-order valence-electron chi connectivity index (χ0n) is 18.5. The van der Waals surface area contributed by atoms with Gasteiger partial charge in [-0.25, -0.2) is 17.8 Å². The molecule has 1 amide bonds. The number of allylic oxidation sites excluding steroid dienone is 1. The van der Waals surface area contributed by atoms with Crippen molar-refractivity contribution in [2.24, 2.45) is 0 Å². The predicted molar refractivity (Wildman–Crippen MR) is 113 cm³/mol. The van der Waals surface area contributed by atoms with Gasteiger partial charge in [-0.3, -0.25) is 4.79 Å². The molecular formula is C21H18F7N3O4S. The second-order valence-corrected chi connectivity index (χ2v) is 9.78. The minimum atomic E-state index is -4.94. The Morgan fingerprint density at radius 1 is 1.06 bits per heavy atom. The summed E-state index contributed by atoms with van der Waals surface area (Å²) in [5.74, 6) is -4.65. The zero-order chi connectivity index (χ0) is 27.1. The molecule has 2 heterocycles. The van der Waals surface area contributed by atoms with Gasteiger partial charge in [0.2, 0.25) is 5.76 Å². The largest absolute Gasteiger partial charge is 0.452 e. The van der Waals surface area contributed by atoms with Crippen LogP contribution in [0.1, 0.15) is 15.9 Å². The number of hydrogen-bond acceptors (Lipinski definition) is 6. The van der Waals surface area contributed by atoms with Gasteiger partial charge in [-0.1, -0.05) is 6.58 Å². The quantitative estimate of drug-likeness (QED) is 0.420. The SMILES string of the molecule is C=C(Oc1ccc(S(C)(=O)=O)cc1C(=O)N1CCN(c2ncc(C(F)(F)F)cc2F)CC1)C(F)(F)F. The van der Waals surface area contributed by atoms with E-state index < -0.39 is 56.5 Å². The van der Waals surface area contributed by atoms with Crippen LogP contribution in [0.15, 0.2) is 47.7 Å². The molecule has 0 spiro atoms. The monoisotopic (exact) mass is 541 g/mol. The molecule has 1 aliphatic heterocycles. The summed E-state index contributed by atoms with van der Waals surface area (Å²) >= 11 is 0. The first kappa shape index (κ1) is 27.2. The molecule has 1 saturated heterocycles. The lowest BCUT2D eigenvalue weighted by Crippen LogP contribution is -2.49. The average molecular weight is 541 g/mol. The van der Waals surface area contributed by atoms with Gasteiger partial charge in [0.15, 0.2) is 21.5 Å². The fraction of sp³-hybridized carbons (Fsp3) is 0.333. The van der Waals surface area contributed by atoms with E-state index in [4.69, 9.17) is 4.74 Å². The van der Waals surface area contributed by atoms with Crippen LogP contribution in [0, 0.1) is 5.82 Å². The standard InChI is InChI=1S/C21H18F7N3O4S/c1-12(20(23,24)25)35-17-4-3-14(36(2,33)34)10-15(17)19(32)31-7-5-30(6-8-31)18-16(22)9-13(11-29-18)21(26,27)28/h3-4,9-11H,1,5-8H2,2H3. The minimum Gasteiger partial charge on any atom is -0.452 e. The first-order valence-corrected chi connectivity index (χ1v) is 11.9. The highest BCUT2D eigenvalue weighted by Gasteiger charge is 2.36. The first-order chi connectivity index (χ1) is 16.5. The molecule has 1 aromatic heterocycles. The molecule has 0 aliphatic carbocycles. The Labute approximate surface area is 200 Å². The van der Waals surface area contributed by atoms with Crippen LogP contribution in [-0.2, 0) is 16.0 Å². The Morgan fingerprint density at radius 3 is 2.17 bits per heavy atom. The molecule has 1 aromatic carbocycles. The van der Waals surface area contributed by atoms with E-state index in [0.29, 0.717) is 12.3 Å². The van der Waals surface area contributed by atoms with E-state index in [9.17, 15) is 43.9 Å². The van der Waals surface area contributed by atoms with Crippen molar-refractivity contribution in [3.63, 3.8) is 0 Å². The van der Waals surface area contributed by atoms with Crippen LogP contribution in [0.2, 0.25) is 0 Å². The van der Waals surface area contributed by atoms with Gasteiger partial charge >= 0.3 is 12.4 Å². The second-order valence-electron chi connectivity index (χ2n) is 7.76. The number of halogens is 7. The Morgan fingerprint density at radius 2 is 1.67 bits per heavy atom. The molecule has 1 aliphatic rings. The Kier molecular flexibility index (Phi) is 7.26. The van der Waals surface area contributed by atoms with Crippen LogP contribution in [-0.4, -0.2) is 62.8 Å². The zero-order valence-corrected chi connectivity index (χ0v) is 19.3. The molecule has 1 fully saturated rings. The molecule has 0 atom stereocenters. The van der Waals surface area contributed by atoms with Gasteiger partial charge in [0.1, 0.15) is 5.75 Å². The van der Waals surface area contributed by atoms with E-state index in [1.165, 1.54) is 4.90 Å². The molecule has 196 valence electrons. The molecule has 0 radical (unpaired) electrons. The van der Waals surface area contributed by atoms with Gasteiger partial charge < -0.3 is 14.5 Å². The molecule has 0 N–H and O–H groups in total. The fourth-order valence-electron chi connectivity index (χ4n) is 3.30. The summed E-state index contributed by atoms with van der Waals surface area (Å²) in [5.41, 5.74) is -1.74. The minimum absolute atomic E-state index is 0.0712. The molecule has 3 rings (SSSR count). The number of benzene rings is 1. The number of rotatable bonds is 5. The van der Waals surface area contributed by atoms with Crippen LogP contribution in [0.5, 0.6) is 5.75 Å². The number of carbonyl (C=O) groups excluding carboxylic acids is 1. The van der Waals surface area contributed by atoms with E-state index in [1.54, 1.807) is 0 Å². The summed E-state index contributed by atoms with van der Waals surface area (Å²) in [6.07, 6.45) is -8.41. The highest BCUT2D eigenvalue weighted by atomic mass is 32.2. The predicted octanol–water partition coefficient (Wildman–Crippen LogP) is 4.06. The van der Waals surface area contributed by atoms with Crippen molar-refractivity contribution in [1.29, 1.82) is 0 Å². The third-order valence-electron chi connectivity index (χ3n) is 5.17. The lowest BCUT2D eigenvalue weighted by Gasteiger charge is -2.35. The van der Waals surface area contributed by atoms with Gasteiger partial charge in [0.05, 0.1) is 16.0 Å². The number of piperazine rings is 1. The first-order valence-electron chi connectivity index (χ1n) is 10.0. The van der Waals surface area contributed by atoms with Gasteiger partial charge in [-0.2, -0.15) is 26.3 Å². The smallest absolute Gasteiger partial charge is 0.448 e. The van der Waals surface area contributed by atoms with Crippen LogP contribution < -0.4 is 9.64 Å². The Hall–Kier alpha value is -3.36. The fourth-order valence-corrected chi connectivity index (χ4v) is 3.94. The molecule has 7 nitrogen and oxygen atoms in total. The summed E-state index contributed by atoms with van der Waals surface area (Å²) < 4.78 is 120. The Bertz CT molecular complexity index is 1290. The maximum Gasteiger partial charge on any atom is 0.448 e.